The van der Waals surface area contributed by atoms with Crippen LogP contribution in [0.1, 0.15) is 59.8 Å². The molecular weight excluding hydrogens is 298 g/mol. The lowest BCUT2D eigenvalue weighted by Gasteiger charge is -2.42. The number of amidine groups is 1. The van der Waals surface area contributed by atoms with Gasteiger partial charge in [-0.1, -0.05) is 32.6 Å². The molecule has 0 aromatic heterocycles. The monoisotopic (exact) mass is 327 g/mol. The molecule has 4 nitrogen and oxygen atoms in total. The summed E-state index contributed by atoms with van der Waals surface area (Å²) in [6.07, 6.45) is 6.45. The van der Waals surface area contributed by atoms with E-state index >= 15 is 0 Å². The summed E-state index contributed by atoms with van der Waals surface area (Å²) in [6.45, 7) is 16.8. The molecular formula is C20H29N3O. The summed E-state index contributed by atoms with van der Waals surface area (Å²) in [4.78, 5) is 18.7. The first-order chi connectivity index (χ1) is 11.4. The maximum Gasteiger partial charge on any atom is 0.224 e. The summed E-state index contributed by atoms with van der Waals surface area (Å²) in [5, 5.41) is 2.89. The number of piperidine rings is 1. The summed E-state index contributed by atoms with van der Waals surface area (Å²) in [5.74, 6) is 1.08. The van der Waals surface area contributed by atoms with Crippen molar-refractivity contribution in [3.05, 3.63) is 47.5 Å². The van der Waals surface area contributed by atoms with Crippen molar-refractivity contribution in [1.82, 2.24) is 10.2 Å². The van der Waals surface area contributed by atoms with E-state index in [-0.39, 0.29) is 11.9 Å². The molecule has 130 valence electrons. The van der Waals surface area contributed by atoms with Crippen molar-refractivity contribution in [3.63, 3.8) is 0 Å². The van der Waals surface area contributed by atoms with Gasteiger partial charge in [0.1, 0.15) is 5.84 Å². The molecule has 0 aromatic rings. The molecule has 1 amide bonds. The minimum Gasteiger partial charge on any atom is -0.328 e. The molecule has 2 rings (SSSR count). The Kier molecular flexibility index (Phi) is 5.81. The SMILES string of the molecule is C=C1NC(=O)CCC1N1C(=C)C(/C(C)=C\C)=C(C)N=C1CCCC. The summed E-state index contributed by atoms with van der Waals surface area (Å²) in [6, 6.07) is 0.0264. The van der Waals surface area contributed by atoms with E-state index in [9.17, 15) is 4.79 Å². The van der Waals surface area contributed by atoms with Crippen LogP contribution < -0.4 is 5.32 Å². The quantitative estimate of drug-likeness (QED) is 0.811. The second-order valence-electron chi connectivity index (χ2n) is 6.51. The van der Waals surface area contributed by atoms with E-state index in [1.165, 1.54) is 5.57 Å². The van der Waals surface area contributed by atoms with Gasteiger partial charge in [0, 0.05) is 35.5 Å². The minimum atomic E-state index is 0.0264. The molecule has 0 aromatic carbocycles. The van der Waals surface area contributed by atoms with E-state index in [1.54, 1.807) is 0 Å². The molecule has 0 spiro atoms. The van der Waals surface area contributed by atoms with Crippen LogP contribution in [0.15, 0.2) is 52.5 Å². The van der Waals surface area contributed by atoms with E-state index in [0.29, 0.717) is 6.42 Å². The van der Waals surface area contributed by atoms with Crippen LogP contribution in [-0.4, -0.2) is 22.7 Å². The zero-order valence-corrected chi connectivity index (χ0v) is 15.4. The number of nitrogens with zero attached hydrogens (tertiary/aromatic N) is 2. The highest BCUT2D eigenvalue weighted by Crippen LogP contribution is 2.35. The Morgan fingerprint density at radius 1 is 1.46 bits per heavy atom. The Morgan fingerprint density at radius 2 is 2.17 bits per heavy atom. The van der Waals surface area contributed by atoms with Gasteiger partial charge in [0.25, 0.3) is 0 Å². The van der Waals surface area contributed by atoms with Crippen LogP contribution in [0.3, 0.4) is 0 Å². The summed E-state index contributed by atoms with van der Waals surface area (Å²) < 4.78 is 0. The Morgan fingerprint density at radius 3 is 2.75 bits per heavy atom. The van der Waals surface area contributed by atoms with Gasteiger partial charge in [-0.15, -0.1) is 0 Å². The molecule has 1 N–H and O–H groups in total. The van der Waals surface area contributed by atoms with Crippen molar-refractivity contribution >= 4 is 11.7 Å². The van der Waals surface area contributed by atoms with Gasteiger partial charge in [-0.05, 0) is 39.2 Å². The second kappa shape index (κ2) is 7.65. The molecule has 1 atom stereocenters. The number of hydrogen-bond acceptors (Lipinski definition) is 3. The Bertz CT molecular complexity index is 652. The summed E-state index contributed by atoms with van der Waals surface area (Å²) in [7, 11) is 0. The molecule has 1 saturated heterocycles. The molecule has 0 saturated carbocycles. The number of rotatable bonds is 5. The zero-order chi connectivity index (χ0) is 17.9. The van der Waals surface area contributed by atoms with Crippen molar-refractivity contribution in [2.24, 2.45) is 4.99 Å². The molecule has 1 fully saturated rings. The van der Waals surface area contributed by atoms with Crippen LogP contribution in [0.5, 0.6) is 0 Å². The van der Waals surface area contributed by atoms with E-state index in [1.807, 2.05) is 13.8 Å². The third-order valence-electron chi connectivity index (χ3n) is 4.76. The average molecular weight is 327 g/mol. The first-order valence-corrected chi connectivity index (χ1v) is 8.79. The third kappa shape index (κ3) is 3.53. The van der Waals surface area contributed by atoms with Crippen molar-refractivity contribution in [1.29, 1.82) is 0 Å². The topological polar surface area (TPSA) is 44.7 Å². The van der Waals surface area contributed by atoms with Crippen LogP contribution in [0.2, 0.25) is 0 Å². The molecule has 0 aliphatic carbocycles. The highest BCUT2D eigenvalue weighted by atomic mass is 16.1. The van der Waals surface area contributed by atoms with Crippen molar-refractivity contribution in [2.45, 2.75) is 65.8 Å². The van der Waals surface area contributed by atoms with E-state index in [0.717, 1.165) is 54.2 Å². The number of unbranched alkanes of at least 4 members (excludes halogenated alkanes) is 1. The Labute approximate surface area is 145 Å². The molecule has 0 radical (unpaired) electrons. The van der Waals surface area contributed by atoms with Crippen LogP contribution in [0.4, 0.5) is 0 Å². The van der Waals surface area contributed by atoms with Crippen LogP contribution >= 0.6 is 0 Å². The number of hydrogen-bond donors (Lipinski definition) is 1. The first kappa shape index (κ1) is 18.2. The van der Waals surface area contributed by atoms with Crippen molar-refractivity contribution in [3.8, 4) is 0 Å². The Balaban J connectivity index is 2.43. The van der Waals surface area contributed by atoms with E-state index < -0.39 is 0 Å². The standard InChI is InChI=1S/C20H29N3O/c1-7-9-10-18-21-15(5)20(13(3)8-2)16(6)23(18)17-11-12-19(24)22-14(17)4/h8,17H,4,6-7,9-12H2,1-3,5H3,(H,22,24)/b13-8-. The lowest BCUT2D eigenvalue weighted by atomic mass is 9.94. The lowest BCUT2D eigenvalue weighted by Crippen LogP contribution is -2.49. The van der Waals surface area contributed by atoms with Gasteiger partial charge in [-0.3, -0.25) is 4.79 Å². The molecule has 1 unspecified atom stereocenters. The fraction of sp³-hybridized carbons (Fsp3) is 0.500. The fourth-order valence-electron chi connectivity index (χ4n) is 3.38. The summed E-state index contributed by atoms with van der Waals surface area (Å²) >= 11 is 0. The normalized spacial score (nSPS) is 22.8. The minimum absolute atomic E-state index is 0.0264. The molecule has 2 aliphatic rings. The number of carbonyl (C=O) groups excluding carboxylic acids is 1. The molecule has 0 bridgehead atoms. The van der Waals surface area contributed by atoms with Gasteiger partial charge in [0.05, 0.1) is 6.04 Å². The number of nitrogens with one attached hydrogen (secondary N) is 1. The van der Waals surface area contributed by atoms with Gasteiger partial charge in [0.2, 0.25) is 5.91 Å². The van der Waals surface area contributed by atoms with Gasteiger partial charge in [-0.2, -0.15) is 0 Å². The zero-order valence-electron chi connectivity index (χ0n) is 15.4. The van der Waals surface area contributed by atoms with E-state index in [2.05, 4.69) is 43.3 Å². The number of allylic oxidation sites excluding steroid dienone is 3. The lowest BCUT2D eigenvalue weighted by molar-refractivity contribution is -0.121. The van der Waals surface area contributed by atoms with Gasteiger partial charge in [0.15, 0.2) is 0 Å². The van der Waals surface area contributed by atoms with Crippen LogP contribution in [-0.2, 0) is 4.79 Å². The maximum atomic E-state index is 11.6. The predicted molar refractivity (Wildman–Crippen MR) is 100 cm³/mol. The fourth-order valence-corrected chi connectivity index (χ4v) is 3.38. The van der Waals surface area contributed by atoms with Gasteiger partial charge < -0.3 is 10.2 Å². The smallest absolute Gasteiger partial charge is 0.224 e. The number of amides is 1. The van der Waals surface area contributed by atoms with Gasteiger partial charge >= 0.3 is 0 Å². The van der Waals surface area contributed by atoms with E-state index in [4.69, 9.17) is 4.99 Å². The third-order valence-corrected chi connectivity index (χ3v) is 4.76. The highest BCUT2D eigenvalue weighted by molar-refractivity contribution is 5.89. The molecule has 2 aliphatic heterocycles. The van der Waals surface area contributed by atoms with Gasteiger partial charge in [-0.25, -0.2) is 4.99 Å². The Hall–Kier alpha value is -2.10. The maximum absolute atomic E-state index is 11.6. The van der Waals surface area contributed by atoms with Crippen LogP contribution in [0, 0.1) is 0 Å². The first-order valence-electron chi connectivity index (χ1n) is 8.79. The highest BCUT2D eigenvalue weighted by Gasteiger charge is 2.34. The molecule has 24 heavy (non-hydrogen) atoms. The van der Waals surface area contributed by atoms with Crippen LogP contribution in [0.25, 0.3) is 0 Å². The van der Waals surface area contributed by atoms with Crippen molar-refractivity contribution < 1.29 is 4.79 Å². The number of aliphatic imine (C=N–C) groups is 1. The second-order valence-corrected chi connectivity index (χ2v) is 6.51. The van der Waals surface area contributed by atoms with Crippen molar-refractivity contribution in [2.75, 3.05) is 0 Å². The largest absolute Gasteiger partial charge is 0.328 e. The molecule has 2 heterocycles. The number of carbonyl (C=O) groups is 1. The average Bonchev–Trinajstić information content (AvgIpc) is 2.53. The predicted octanol–water partition coefficient (Wildman–Crippen LogP) is 4.44. The summed E-state index contributed by atoms with van der Waals surface area (Å²) in [5.41, 5.74) is 5.00. The molecule has 4 heteroatoms.